The van der Waals surface area contributed by atoms with Gasteiger partial charge in [-0.1, -0.05) is 41.7 Å². The number of carbonyl (C=O) groups excluding carboxylic acids is 1. The molecule has 38 heavy (non-hydrogen) atoms. The zero-order valence-electron chi connectivity index (χ0n) is 21.5. The molecule has 198 valence electrons. The van der Waals surface area contributed by atoms with Gasteiger partial charge in [-0.05, 0) is 57.5 Å². The molecule has 3 aromatic rings. The molecule has 1 aliphatic heterocycles. The lowest BCUT2D eigenvalue weighted by Gasteiger charge is -2.26. The van der Waals surface area contributed by atoms with E-state index in [0.29, 0.717) is 32.1 Å². The number of rotatable bonds is 9. The van der Waals surface area contributed by atoms with Crippen molar-refractivity contribution in [2.45, 2.75) is 39.8 Å². The van der Waals surface area contributed by atoms with Gasteiger partial charge in [0.15, 0.2) is 11.4 Å². The summed E-state index contributed by atoms with van der Waals surface area (Å²) in [7, 11) is 0. The molecule has 0 bridgehead atoms. The van der Waals surface area contributed by atoms with Gasteiger partial charge in [-0.15, -0.1) is 0 Å². The summed E-state index contributed by atoms with van der Waals surface area (Å²) in [5.74, 6) is -0.634. The molecule has 2 heterocycles. The van der Waals surface area contributed by atoms with Crippen molar-refractivity contribution in [3.63, 3.8) is 0 Å². The lowest BCUT2D eigenvalue weighted by Crippen LogP contribution is -2.40. The van der Waals surface area contributed by atoms with E-state index in [2.05, 4.69) is 4.99 Å². The summed E-state index contributed by atoms with van der Waals surface area (Å²) < 4.78 is 18.5. The molecule has 0 radical (unpaired) electrons. The van der Waals surface area contributed by atoms with E-state index in [1.165, 1.54) is 15.9 Å². The number of fused-ring (bicyclic) bond motifs is 1. The fourth-order valence-corrected chi connectivity index (χ4v) is 5.16. The van der Waals surface area contributed by atoms with Gasteiger partial charge in [0.2, 0.25) is 0 Å². The quantitative estimate of drug-likeness (QED) is 0.418. The number of hydrogen-bond acceptors (Lipinski definition) is 8. The van der Waals surface area contributed by atoms with Crippen LogP contribution in [0.4, 0.5) is 0 Å². The van der Waals surface area contributed by atoms with Crippen molar-refractivity contribution >= 4 is 29.4 Å². The van der Waals surface area contributed by atoms with Gasteiger partial charge in [-0.25, -0.2) is 14.6 Å². The summed E-state index contributed by atoms with van der Waals surface area (Å²) in [5, 5.41) is 8.78. The van der Waals surface area contributed by atoms with Crippen molar-refractivity contribution in [2.75, 3.05) is 13.2 Å². The first kappa shape index (κ1) is 26.9. The second-order valence-electron chi connectivity index (χ2n) is 8.76. The Morgan fingerprint density at radius 1 is 1.16 bits per heavy atom. The zero-order valence-corrected chi connectivity index (χ0v) is 22.3. The van der Waals surface area contributed by atoms with Crippen LogP contribution in [0, 0.1) is 0 Å². The molecule has 1 N–H and O–H groups in total. The molecule has 1 aromatic heterocycles. The van der Waals surface area contributed by atoms with Crippen LogP contribution in [-0.4, -0.2) is 40.9 Å². The second-order valence-corrected chi connectivity index (χ2v) is 9.77. The number of ether oxygens (including phenoxy) is 3. The minimum absolute atomic E-state index is 0.120. The first-order valence-corrected chi connectivity index (χ1v) is 12.9. The maximum absolute atomic E-state index is 13.8. The number of allylic oxidation sites excluding steroid dienone is 1. The molecule has 4 rings (SSSR count). The van der Waals surface area contributed by atoms with Crippen molar-refractivity contribution in [1.29, 1.82) is 0 Å². The Bertz CT molecular complexity index is 1570. The van der Waals surface area contributed by atoms with Gasteiger partial charge in [0.25, 0.3) is 5.56 Å². The van der Waals surface area contributed by atoms with Gasteiger partial charge < -0.3 is 19.3 Å². The number of thiazole rings is 1. The molecule has 1 aliphatic rings. The summed E-state index contributed by atoms with van der Waals surface area (Å²) in [4.78, 5) is 42.7. The Labute approximate surface area is 222 Å². The van der Waals surface area contributed by atoms with Crippen molar-refractivity contribution in [1.82, 2.24) is 4.57 Å². The molecule has 2 aromatic carbocycles. The molecule has 0 aliphatic carbocycles. The van der Waals surface area contributed by atoms with E-state index >= 15 is 0 Å². The van der Waals surface area contributed by atoms with E-state index in [1.807, 2.05) is 38.1 Å². The first-order chi connectivity index (χ1) is 18.2. The fraction of sp³-hybridized carbons (Fsp3) is 0.286. The number of carboxylic acid groups (broad SMARTS) is 1. The van der Waals surface area contributed by atoms with Gasteiger partial charge in [-0.2, -0.15) is 0 Å². The smallest absolute Gasteiger partial charge is 0.341 e. The van der Waals surface area contributed by atoms with Crippen LogP contribution in [0.2, 0.25) is 0 Å². The monoisotopic (exact) mass is 536 g/mol. The van der Waals surface area contributed by atoms with Gasteiger partial charge in [0.05, 0.1) is 28.5 Å². The predicted molar refractivity (Wildman–Crippen MR) is 142 cm³/mol. The molecule has 10 heteroatoms. The lowest BCUT2D eigenvalue weighted by molar-refractivity contribution is -0.140. The van der Waals surface area contributed by atoms with E-state index in [0.717, 1.165) is 5.56 Å². The number of esters is 1. The molecule has 0 amide bonds. The number of carboxylic acids is 1. The Balaban J connectivity index is 1.86. The normalized spacial score (nSPS) is 15.2. The third-order valence-electron chi connectivity index (χ3n) is 5.63. The van der Waals surface area contributed by atoms with Crippen LogP contribution < -0.4 is 24.4 Å². The standard InChI is InChI=1S/C28H28N2O7S/c1-5-35-27(34)24-17(4)29-28-30(25(24)20-8-6-7-9-21(20)37-16(2)3)26(33)22(38-28)14-18-10-12-19(13-11-18)36-15-23(31)32/h6-14,16,25H,5,15H2,1-4H3,(H,31,32)/b22-14+/t25-/m0/s1. The Morgan fingerprint density at radius 3 is 2.53 bits per heavy atom. The van der Waals surface area contributed by atoms with Crippen molar-refractivity contribution in [3.8, 4) is 11.5 Å². The number of aliphatic carboxylic acids is 1. The van der Waals surface area contributed by atoms with Crippen LogP contribution in [-0.2, 0) is 14.3 Å². The number of benzene rings is 2. The lowest BCUT2D eigenvalue weighted by atomic mass is 9.95. The maximum Gasteiger partial charge on any atom is 0.341 e. The third-order valence-corrected chi connectivity index (χ3v) is 6.62. The molecule has 0 fully saturated rings. The summed E-state index contributed by atoms with van der Waals surface area (Å²) in [6.07, 6.45) is 1.60. The molecule has 0 saturated heterocycles. The van der Waals surface area contributed by atoms with Gasteiger partial charge >= 0.3 is 11.9 Å². The largest absolute Gasteiger partial charge is 0.491 e. The highest BCUT2D eigenvalue weighted by Gasteiger charge is 2.35. The van der Waals surface area contributed by atoms with Crippen molar-refractivity contribution < 1.29 is 28.9 Å². The molecule has 9 nitrogen and oxygen atoms in total. The Morgan fingerprint density at radius 2 is 1.87 bits per heavy atom. The van der Waals surface area contributed by atoms with E-state index in [-0.39, 0.29) is 23.8 Å². The molecule has 1 atom stereocenters. The highest BCUT2D eigenvalue weighted by molar-refractivity contribution is 7.07. The number of aromatic nitrogens is 1. The van der Waals surface area contributed by atoms with Gasteiger partial charge in [-0.3, -0.25) is 9.36 Å². The summed E-state index contributed by atoms with van der Waals surface area (Å²) >= 11 is 1.22. The molecule has 0 spiro atoms. The van der Waals surface area contributed by atoms with Crippen molar-refractivity contribution in [2.24, 2.45) is 4.99 Å². The van der Waals surface area contributed by atoms with Crippen molar-refractivity contribution in [3.05, 3.63) is 90.6 Å². The molecular weight excluding hydrogens is 508 g/mol. The van der Waals surface area contributed by atoms with Gasteiger partial charge in [0, 0.05) is 5.56 Å². The molecule has 0 saturated carbocycles. The van der Waals surface area contributed by atoms with E-state index in [1.54, 1.807) is 44.2 Å². The minimum Gasteiger partial charge on any atom is -0.491 e. The Kier molecular flexibility index (Phi) is 8.11. The summed E-state index contributed by atoms with van der Waals surface area (Å²) in [6, 6.07) is 13.3. The predicted octanol–water partition coefficient (Wildman–Crippen LogP) is 3.05. The first-order valence-electron chi connectivity index (χ1n) is 12.1. The Hall–Kier alpha value is -4.18. The third kappa shape index (κ3) is 5.70. The SMILES string of the molecule is CCOC(=O)C1=C(C)N=c2s/c(=C/c3ccc(OCC(=O)O)cc3)c(=O)n2[C@H]1c1ccccc1OC(C)C. The maximum atomic E-state index is 13.8. The highest BCUT2D eigenvalue weighted by atomic mass is 32.1. The second kappa shape index (κ2) is 11.5. The topological polar surface area (TPSA) is 116 Å². The average molecular weight is 537 g/mol. The van der Waals surface area contributed by atoms with Crippen LogP contribution in [0.3, 0.4) is 0 Å². The van der Waals surface area contributed by atoms with Crippen LogP contribution in [0.1, 0.15) is 44.9 Å². The number of carbonyl (C=O) groups is 2. The number of nitrogens with zero attached hydrogens (tertiary/aromatic N) is 2. The highest BCUT2D eigenvalue weighted by Crippen LogP contribution is 2.36. The van der Waals surface area contributed by atoms with Crippen LogP contribution in [0.25, 0.3) is 6.08 Å². The van der Waals surface area contributed by atoms with Crippen LogP contribution >= 0.6 is 11.3 Å². The summed E-state index contributed by atoms with van der Waals surface area (Å²) in [5.41, 5.74) is 1.83. The van der Waals surface area contributed by atoms with Gasteiger partial charge in [0.1, 0.15) is 17.5 Å². The average Bonchev–Trinajstić information content (AvgIpc) is 3.17. The van der Waals surface area contributed by atoms with E-state index < -0.39 is 24.6 Å². The van der Waals surface area contributed by atoms with Crippen LogP contribution in [0.15, 0.2) is 69.6 Å². The van der Waals surface area contributed by atoms with Crippen LogP contribution in [0.5, 0.6) is 11.5 Å². The number of hydrogen-bond donors (Lipinski definition) is 1. The molecular formula is C28H28N2O7S. The minimum atomic E-state index is -1.07. The molecule has 0 unspecified atom stereocenters. The number of para-hydroxylation sites is 1. The summed E-state index contributed by atoms with van der Waals surface area (Å²) in [6.45, 7) is 7.02. The van der Waals surface area contributed by atoms with E-state index in [4.69, 9.17) is 19.3 Å². The fourth-order valence-electron chi connectivity index (χ4n) is 4.11. The van der Waals surface area contributed by atoms with E-state index in [9.17, 15) is 14.4 Å². The zero-order chi connectivity index (χ0) is 27.4.